The highest BCUT2D eigenvalue weighted by Gasteiger charge is 2.16. The molecular formula is C13H12ClNO2S. The van der Waals surface area contributed by atoms with Crippen LogP contribution in [0.2, 0.25) is 5.02 Å². The van der Waals surface area contributed by atoms with E-state index in [9.17, 15) is 8.42 Å². The largest absolute Gasteiger partial charge is 0.326 e. The van der Waals surface area contributed by atoms with Crippen molar-refractivity contribution in [3.8, 4) is 0 Å². The first-order valence-corrected chi connectivity index (χ1v) is 7.20. The van der Waals surface area contributed by atoms with Gasteiger partial charge in [-0.3, -0.25) is 0 Å². The van der Waals surface area contributed by atoms with Crippen molar-refractivity contribution in [1.82, 2.24) is 0 Å². The molecule has 0 atom stereocenters. The van der Waals surface area contributed by atoms with Crippen LogP contribution in [0.5, 0.6) is 0 Å². The van der Waals surface area contributed by atoms with E-state index >= 15 is 0 Å². The molecule has 0 saturated heterocycles. The van der Waals surface area contributed by atoms with Gasteiger partial charge in [0.1, 0.15) is 0 Å². The van der Waals surface area contributed by atoms with Crippen LogP contribution in [0.3, 0.4) is 0 Å². The van der Waals surface area contributed by atoms with Crippen LogP contribution >= 0.6 is 11.6 Å². The topological polar surface area (TPSA) is 60.2 Å². The van der Waals surface area contributed by atoms with Crippen molar-refractivity contribution in [2.75, 3.05) is 0 Å². The fraction of sp³-hybridized carbons (Fsp3) is 0.0769. The summed E-state index contributed by atoms with van der Waals surface area (Å²) in [5.74, 6) is 0. The first kappa shape index (κ1) is 13.1. The average Bonchev–Trinajstić information content (AvgIpc) is 2.39. The molecule has 2 N–H and O–H groups in total. The Morgan fingerprint density at radius 1 is 0.889 bits per heavy atom. The summed E-state index contributed by atoms with van der Waals surface area (Å²) in [7, 11) is -3.48. The van der Waals surface area contributed by atoms with Crippen LogP contribution < -0.4 is 5.73 Å². The van der Waals surface area contributed by atoms with Crippen LogP contribution in [-0.2, 0) is 16.4 Å². The molecule has 0 amide bonds. The summed E-state index contributed by atoms with van der Waals surface area (Å²) in [5.41, 5.74) is 6.37. The number of hydrogen-bond donors (Lipinski definition) is 1. The minimum atomic E-state index is -3.48. The quantitative estimate of drug-likeness (QED) is 0.941. The first-order chi connectivity index (χ1) is 8.54. The number of nitrogens with two attached hydrogens (primary N) is 1. The Balaban J connectivity index is 2.44. The van der Waals surface area contributed by atoms with Gasteiger partial charge in [0.05, 0.1) is 9.79 Å². The molecule has 18 heavy (non-hydrogen) atoms. The zero-order chi connectivity index (χ0) is 13.2. The van der Waals surface area contributed by atoms with Gasteiger partial charge in [0.25, 0.3) is 0 Å². The molecule has 5 heteroatoms. The summed E-state index contributed by atoms with van der Waals surface area (Å²) in [6, 6.07) is 12.7. The lowest BCUT2D eigenvalue weighted by atomic mass is 10.2. The maximum Gasteiger partial charge on any atom is 0.206 e. The summed E-state index contributed by atoms with van der Waals surface area (Å²) >= 11 is 5.74. The van der Waals surface area contributed by atoms with Crippen molar-refractivity contribution < 1.29 is 8.42 Å². The van der Waals surface area contributed by atoms with Crippen molar-refractivity contribution in [2.24, 2.45) is 5.73 Å². The predicted octanol–water partition coefficient (Wildman–Crippen LogP) is 2.63. The molecule has 0 unspecified atom stereocenters. The summed E-state index contributed by atoms with van der Waals surface area (Å²) in [6.07, 6.45) is 0. The Hall–Kier alpha value is -1.36. The van der Waals surface area contributed by atoms with E-state index in [0.29, 0.717) is 11.6 Å². The van der Waals surface area contributed by atoms with Gasteiger partial charge in [-0.2, -0.15) is 0 Å². The summed E-state index contributed by atoms with van der Waals surface area (Å²) in [6.45, 7) is 0.390. The Labute approximate surface area is 111 Å². The molecule has 3 nitrogen and oxygen atoms in total. The van der Waals surface area contributed by atoms with Gasteiger partial charge in [-0.15, -0.1) is 0 Å². The Morgan fingerprint density at radius 3 is 1.78 bits per heavy atom. The molecule has 2 aromatic rings. The fourth-order valence-electron chi connectivity index (χ4n) is 1.55. The Bertz CT molecular complexity index is 634. The summed E-state index contributed by atoms with van der Waals surface area (Å²) in [4.78, 5) is 0.481. The normalized spacial score (nSPS) is 11.4. The number of sulfone groups is 1. The standard InChI is InChI=1S/C13H12ClNO2S/c14-11-3-7-13(8-4-11)18(16,17)12-5-1-10(9-15)2-6-12/h1-8H,9,15H2. The molecule has 0 radical (unpaired) electrons. The van der Waals surface area contributed by atoms with Gasteiger partial charge in [-0.05, 0) is 42.0 Å². The molecule has 0 spiro atoms. The highest BCUT2D eigenvalue weighted by Crippen LogP contribution is 2.22. The molecule has 0 aliphatic rings. The van der Waals surface area contributed by atoms with Crippen molar-refractivity contribution in [3.63, 3.8) is 0 Å². The van der Waals surface area contributed by atoms with Crippen LogP contribution in [0.4, 0.5) is 0 Å². The summed E-state index contributed by atoms with van der Waals surface area (Å²) < 4.78 is 24.5. The number of hydrogen-bond acceptors (Lipinski definition) is 3. The second kappa shape index (κ2) is 5.10. The minimum absolute atomic E-state index is 0.229. The zero-order valence-electron chi connectivity index (χ0n) is 9.51. The van der Waals surface area contributed by atoms with Crippen LogP contribution in [-0.4, -0.2) is 8.42 Å². The molecule has 0 aliphatic carbocycles. The first-order valence-electron chi connectivity index (χ1n) is 5.34. The lowest BCUT2D eigenvalue weighted by molar-refractivity contribution is 0.596. The molecule has 0 saturated carbocycles. The second-order valence-corrected chi connectivity index (χ2v) is 6.19. The zero-order valence-corrected chi connectivity index (χ0v) is 11.1. The van der Waals surface area contributed by atoms with Gasteiger partial charge in [-0.25, -0.2) is 8.42 Å². The van der Waals surface area contributed by atoms with Crippen molar-refractivity contribution in [3.05, 3.63) is 59.1 Å². The van der Waals surface area contributed by atoms with Crippen molar-refractivity contribution >= 4 is 21.4 Å². The second-order valence-electron chi connectivity index (χ2n) is 3.81. The van der Waals surface area contributed by atoms with Crippen LogP contribution in [0, 0.1) is 0 Å². The highest BCUT2D eigenvalue weighted by atomic mass is 35.5. The minimum Gasteiger partial charge on any atom is -0.326 e. The van der Waals surface area contributed by atoms with E-state index in [2.05, 4.69) is 0 Å². The molecular weight excluding hydrogens is 270 g/mol. The van der Waals surface area contributed by atoms with E-state index in [-0.39, 0.29) is 9.79 Å². The van der Waals surface area contributed by atoms with Gasteiger partial charge < -0.3 is 5.73 Å². The molecule has 94 valence electrons. The van der Waals surface area contributed by atoms with Crippen molar-refractivity contribution in [2.45, 2.75) is 16.3 Å². The molecule has 0 aromatic heterocycles. The van der Waals surface area contributed by atoms with E-state index < -0.39 is 9.84 Å². The predicted molar refractivity (Wildman–Crippen MR) is 71.2 cm³/mol. The van der Waals surface area contributed by atoms with Crippen LogP contribution in [0.1, 0.15) is 5.56 Å². The Kier molecular flexibility index (Phi) is 3.71. The van der Waals surface area contributed by atoms with Crippen LogP contribution in [0.25, 0.3) is 0 Å². The van der Waals surface area contributed by atoms with Gasteiger partial charge in [0.15, 0.2) is 0 Å². The number of halogens is 1. The molecule has 2 rings (SSSR count). The van der Waals surface area contributed by atoms with E-state index in [0.717, 1.165) is 5.56 Å². The van der Waals surface area contributed by atoms with E-state index in [1.807, 2.05) is 0 Å². The van der Waals surface area contributed by atoms with E-state index in [1.165, 1.54) is 12.1 Å². The molecule has 0 heterocycles. The summed E-state index contributed by atoms with van der Waals surface area (Å²) in [5, 5.41) is 0.507. The number of benzene rings is 2. The average molecular weight is 282 g/mol. The molecule has 0 aliphatic heterocycles. The smallest absolute Gasteiger partial charge is 0.206 e. The van der Waals surface area contributed by atoms with Gasteiger partial charge in [0, 0.05) is 11.6 Å². The maximum atomic E-state index is 12.3. The van der Waals surface area contributed by atoms with Gasteiger partial charge in [-0.1, -0.05) is 23.7 Å². The van der Waals surface area contributed by atoms with E-state index in [4.69, 9.17) is 17.3 Å². The molecule has 2 aromatic carbocycles. The number of rotatable bonds is 3. The SMILES string of the molecule is NCc1ccc(S(=O)(=O)c2ccc(Cl)cc2)cc1. The highest BCUT2D eigenvalue weighted by molar-refractivity contribution is 7.91. The third-order valence-corrected chi connectivity index (χ3v) is 4.63. The fourth-order valence-corrected chi connectivity index (χ4v) is 2.94. The molecule has 0 bridgehead atoms. The third-order valence-electron chi connectivity index (χ3n) is 2.59. The lowest BCUT2D eigenvalue weighted by Gasteiger charge is -2.05. The van der Waals surface area contributed by atoms with E-state index in [1.54, 1.807) is 36.4 Å². The van der Waals surface area contributed by atoms with Crippen molar-refractivity contribution in [1.29, 1.82) is 0 Å². The maximum absolute atomic E-state index is 12.3. The van der Waals surface area contributed by atoms with Gasteiger partial charge >= 0.3 is 0 Å². The third kappa shape index (κ3) is 2.56. The lowest BCUT2D eigenvalue weighted by Crippen LogP contribution is -2.03. The van der Waals surface area contributed by atoms with Crippen LogP contribution in [0.15, 0.2) is 58.3 Å². The molecule has 0 fully saturated rings. The monoisotopic (exact) mass is 281 g/mol. The van der Waals surface area contributed by atoms with Gasteiger partial charge in [0.2, 0.25) is 9.84 Å². The Morgan fingerprint density at radius 2 is 1.33 bits per heavy atom.